The first-order valence-corrected chi connectivity index (χ1v) is 5.90. The number of fused-ring (bicyclic) bond motifs is 2. The molecule has 5 nitrogen and oxygen atoms in total. The number of hydrogen-bond acceptors (Lipinski definition) is 4. The molecule has 5 heteroatoms. The molecule has 90 valence electrons. The van der Waals surface area contributed by atoms with Gasteiger partial charge in [0.05, 0.1) is 23.8 Å². The van der Waals surface area contributed by atoms with E-state index < -0.39 is 0 Å². The first kappa shape index (κ1) is 10.5. The quantitative estimate of drug-likeness (QED) is 0.788. The number of aromatic nitrogens is 1. The zero-order valence-corrected chi connectivity index (χ0v) is 9.43. The van der Waals surface area contributed by atoms with Gasteiger partial charge in [0.1, 0.15) is 0 Å². The van der Waals surface area contributed by atoms with Gasteiger partial charge in [0.15, 0.2) is 0 Å². The van der Waals surface area contributed by atoms with Crippen molar-refractivity contribution in [3.8, 4) is 0 Å². The highest BCUT2D eigenvalue weighted by Crippen LogP contribution is 2.34. The van der Waals surface area contributed by atoms with Crippen molar-refractivity contribution in [1.82, 2.24) is 10.3 Å². The van der Waals surface area contributed by atoms with Crippen molar-refractivity contribution in [2.45, 2.75) is 37.5 Å². The molecule has 1 aromatic rings. The Morgan fingerprint density at radius 1 is 1.53 bits per heavy atom. The molecule has 2 aliphatic rings. The zero-order chi connectivity index (χ0) is 11.8. The molecule has 1 aromatic heterocycles. The van der Waals surface area contributed by atoms with Gasteiger partial charge >= 0.3 is 0 Å². The monoisotopic (exact) mass is 233 g/mol. The van der Waals surface area contributed by atoms with Gasteiger partial charge in [-0.1, -0.05) is 0 Å². The van der Waals surface area contributed by atoms with Gasteiger partial charge in [-0.2, -0.15) is 0 Å². The van der Waals surface area contributed by atoms with E-state index in [1.54, 1.807) is 12.3 Å². The second-order valence-electron chi connectivity index (χ2n) is 4.65. The predicted octanol–water partition coefficient (Wildman–Crippen LogP) is 0.713. The summed E-state index contributed by atoms with van der Waals surface area (Å²) in [6, 6.07) is 1.76. The Kier molecular flexibility index (Phi) is 2.48. The molecule has 17 heavy (non-hydrogen) atoms. The van der Waals surface area contributed by atoms with Gasteiger partial charge in [-0.25, -0.2) is 0 Å². The molecular weight excluding hydrogens is 218 g/mol. The third-order valence-corrected chi connectivity index (χ3v) is 3.52. The topological polar surface area (TPSA) is 77.2 Å². The van der Waals surface area contributed by atoms with E-state index in [2.05, 4.69) is 10.3 Å². The van der Waals surface area contributed by atoms with Crippen LogP contribution in [0, 0.1) is 0 Å². The van der Waals surface area contributed by atoms with Crippen molar-refractivity contribution >= 4 is 11.6 Å². The molecule has 2 bridgehead atoms. The van der Waals surface area contributed by atoms with E-state index in [0.29, 0.717) is 17.4 Å². The number of carbonyl (C=O) groups excluding carboxylic acids is 1. The summed E-state index contributed by atoms with van der Waals surface area (Å²) >= 11 is 0. The molecule has 2 aliphatic heterocycles. The second kappa shape index (κ2) is 4.00. The van der Waals surface area contributed by atoms with Crippen LogP contribution in [0.25, 0.3) is 0 Å². The van der Waals surface area contributed by atoms with Crippen molar-refractivity contribution in [3.63, 3.8) is 0 Å². The van der Waals surface area contributed by atoms with E-state index in [1.807, 2.05) is 0 Å². The molecule has 0 aliphatic carbocycles. The zero-order valence-electron chi connectivity index (χ0n) is 9.43. The Balaban J connectivity index is 1.70. The summed E-state index contributed by atoms with van der Waals surface area (Å²) in [7, 11) is 0. The van der Waals surface area contributed by atoms with Gasteiger partial charge in [-0.05, 0) is 25.3 Å². The number of pyridine rings is 1. The van der Waals surface area contributed by atoms with Gasteiger partial charge in [-0.3, -0.25) is 9.78 Å². The number of hydrogen-bond donors (Lipinski definition) is 2. The normalized spacial score (nSPS) is 30.5. The van der Waals surface area contributed by atoms with Crippen LogP contribution in [0.4, 0.5) is 5.69 Å². The predicted molar refractivity (Wildman–Crippen MR) is 62.4 cm³/mol. The highest BCUT2D eigenvalue weighted by molar-refractivity contribution is 5.98. The molecule has 0 aromatic carbocycles. The van der Waals surface area contributed by atoms with Crippen molar-refractivity contribution in [1.29, 1.82) is 0 Å². The number of nitrogens with two attached hydrogens (primary N) is 1. The van der Waals surface area contributed by atoms with Gasteiger partial charge in [0, 0.05) is 18.1 Å². The fourth-order valence-corrected chi connectivity index (χ4v) is 2.63. The summed E-state index contributed by atoms with van der Waals surface area (Å²) in [4.78, 5) is 15.9. The van der Waals surface area contributed by atoms with Gasteiger partial charge < -0.3 is 15.8 Å². The van der Waals surface area contributed by atoms with Crippen LogP contribution < -0.4 is 11.1 Å². The van der Waals surface area contributed by atoms with Crippen molar-refractivity contribution < 1.29 is 9.53 Å². The maximum absolute atomic E-state index is 12.0. The Hall–Kier alpha value is -1.62. The Labute approximate surface area is 99.4 Å². The molecule has 0 saturated carbocycles. The lowest BCUT2D eigenvalue weighted by Crippen LogP contribution is -2.41. The fraction of sp³-hybridized carbons (Fsp3) is 0.500. The van der Waals surface area contributed by atoms with E-state index >= 15 is 0 Å². The van der Waals surface area contributed by atoms with Crippen LogP contribution in [-0.2, 0) is 4.74 Å². The first-order valence-electron chi connectivity index (χ1n) is 5.90. The number of nitrogen functional groups attached to an aromatic ring is 1. The van der Waals surface area contributed by atoms with Crippen molar-refractivity contribution in [2.24, 2.45) is 0 Å². The number of nitrogens with zero attached hydrogens (tertiary/aromatic N) is 1. The smallest absolute Gasteiger partial charge is 0.255 e. The number of rotatable bonds is 2. The van der Waals surface area contributed by atoms with E-state index in [1.165, 1.54) is 6.20 Å². The molecule has 2 saturated heterocycles. The second-order valence-corrected chi connectivity index (χ2v) is 4.65. The Bertz CT molecular complexity index is 449. The summed E-state index contributed by atoms with van der Waals surface area (Å²) in [5.74, 6) is -0.156. The summed E-state index contributed by atoms with van der Waals surface area (Å²) in [5, 5.41) is 2.98. The van der Waals surface area contributed by atoms with E-state index in [0.717, 1.165) is 19.3 Å². The molecule has 3 unspecified atom stereocenters. The molecule has 3 heterocycles. The Morgan fingerprint density at radius 2 is 2.41 bits per heavy atom. The molecular formula is C12H15N3O2. The van der Waals surface area contributed by atoms with Crippen LogP contribution in [0.2, 0.25) is 0 Å². The standard InChI is InChI=1S/C12H15N3O2/c13-9-3-4-14-6-8(9)12(16)15-10-5-7-1-2-11(10)17-7/h3-4,6-7,10-11H,1-2,5H2,(H2,13,14)(H,15,16). The number of carbonyl (C=O) groups is 1. The average molecular weight is 233 g/mol. The maximum atomic E-state index is 12.0. The van der Waals surface area contributed by atoms with Crippen molar-refractivity contribution in [2.75, 3.05) is 5.73 Å². The lowest BCUT2D eigenvalue weighted by molar-refractivity contribution is 0.0841. The Morgan fingerprint density at radius 3 is 3.06 bits per heavy atom. The highest BCUT2D eigenvalue weighted by atomic mass is 16.5. The molecule has 3 rings (SSSR count). The lowest BCUT2D eigenvalue weighted by atomic mass is 9.95. The van der Waals surface area contributed by atoms with E-state index in [9.17, 15) is 4.79 Å². The van der Waals surface area contributed by atoms with Gasteiger partial charge in [0.25, 0.3) is 5.91 Å². The van der Waals surface area contributed by atoms with E-state index in [4.69, 9.17) is 10.5 Å². The molecule has 3 atom stereocenters. The molecule has 1 amide bonds. The molecule has 0 spiro atoms. The average Bonchev–Trinajstić information content (AvgIpc) is 2.91. The molecule has 2 fully saturated rings. The molecule has 3 N–H and O–H groups in total. The lowest BCUT2D eigenvalue weighted by Gasteiger charge is -2.20. The maximum Gasteiger partial charge on any atom is 0.255 e. The first-order chi connectivity index (χ1) is 8.24. The summed E-state index contributed by atoms with van der Waals surface area (Å²) < 4.78 is 5.69. The number of nitrogens with one attached hydrogen (secondary N) is 1. The minimum Gasteiger partial charge on any atom is -0.398 e. The highest BCUT2D eigenvalue weighted by Gasteiger charge is 2.41. The van der Waals surface area contributed by atoms with Crippen molar-refractivity contribution in [3.05, 3.63) is 24.0 Å². The van der Waals surface area contributed by atoms with Crippen LogP contribution in [-0.4, -0.2) is 29.1 Å². The largest absolute Gasteiger partial charge is 0.398 e. The summed E-state index contributed by atoms with van der Waals surface area (Å²) in [5.41, 5.74) is 6.64. The third-order valence-electron chi connectivity index (χ3n) is 3.52. The van der Waals surface area contributed by atoms with Crippen LogP contribution in [0.15, 0.2) is 18.5 Å². The molecule has 0 radical (unpaired) electrons. The number of anilines is 1. The SMILES string of the molecule is Nc1ccncc1C(=O)NC1CC2CCC1O2. The van der Waals surface area contributed by atoms with Crippen LogP contribution in [0.3, 0.4) is 0 Å². The third kappa shape index (κ3) is 1.86. The minimum atomic E-state index is -0.156. The summed E-state index contributed by atoms with van der Waals surface area (Å²) in [6.45, 7) is 0. The fourth-order valence-electron chi connectivity index (χ4n) is 2.63. The van der Waals surface area contributed by atoms with Gasteiger partial charge in [-0.15, -0.1) is 0 Å². The van der Waals surface area contributed by atoms with Crippen LogP contribution in [0.1, 0.15) is 29.6 Å². The van der Waals surface area contributed by atoms with E-state index in [-0.39, 0.29) is 18.1 Å². The summed E-state index contributed by atoms with van der Waals surface area (Å²) in [6.07, 6.45) is 6.66. The minimum absolute atomic E-state index is 0.126. The number of ether oxygens (including phenoxy) is 1. The van der Waals surface area contributed by atoms with Gasteiger partial charge in [0.2, 0.25) is 0 Å². The van der Waals surface area contributed by atoms with Crippen LogP contribution >= 0.6 is 0 Å². The van der Waals surface area contributed by atoms with Crippen LogP contribution in [0.5, 0.6) is 0 Å². The number of amides is 1.